The number of hydrogen-bond donors (Lipinski definition) is 1. The molecule has 0 spiro atoms. The maximum Gasteiger partial charge on any atom is 0.248 e. The largest absolute Gasteiger partial charge is 0.322 e. The van der Waals surface area contributed by atoms with Crippen LogP contribution in [0.3, 0.4) is 0 Å². The molecule has 19 heavy (non-hydrogen) atoms. The summed E-state index contributed by atoms with van der Waals surface area (Å²) in [7, 11) is 0. The highest BCUT2D eigenvalue weighted by molar-refractivity contribution is 9.10. The van der Waals surface area contributed by atoms with Crippen molar-refractivity contribution in [3.8, 4) is 0 Å². The summed E-state index contributed by atoms with van der Waals surface area (Å²) in [5.41, 5.74) is 1.55. The second-order valence-electron chi connectivity index (χ2n) is 3.85. The molecular weight excluding hydrogens is 326 g/mol. The zero-order valence-corrected chi connectivity index (χ0v) is 12.3. The Morgan fingerprint density at radius 1 is 1.16 bits per heavy atom. The molecule has 0 radical (unpaired) electrons. The number of carbonyl (C=O) groups excluding carboxylic acids is 1. The van der Waals surface area contributed by atoms with E-state index in [1.807, 2.05) is 42.5 Å². The number of rotatable bonds is 3. The molecule has 0 bridgehead atoms. The van der Waals surface area contributed by atoms with Gasteiger partial charge in [0.05, 0.1) is 0 Å². The van der Waals surface area contributed by atoms with Crippen LogP contribution in [-0.4, -0.2) is 5.91 Å². The van der Waals surface area contributed by atoms with Crippen LogP contribution >= 0.6 is 27.5 Å². The Hall–Kier alpha value is -1.58. The lowest BCUT2D eigenvalue weighted by atomic mass is 10.2. The monoisotopic (exact) mass is 335 g/mol. The van der Waals surface area contributed by atoms with Crippen LogP contribution in [0.1, 0.15) is 5.56 Å². The van der Waals surface area contributed by atoms with Gasteiger partial charge in [-0.15, -0.1) is 0 Å². The second-order valence-corrected chi connectivity index (χ2v) is 5.18. The molecule has 0 aromatic heterocycles. The van der Waals surface area contributed by atoms with Crippen LogP contribution < -0.4 is 5.32 Å². The Labute approximate surface area is 125 Å². The molecule has 2 aromatic rings. The average molecular weight is 337 g/mol. The summed E-state index contributed by atoms with van der Waals surface area (Å²) in [6.45, 7) is 0. The van der Waals surface area contributed by atoms with Crippen molar-refractivity contribution >= 4 is 45.2 Å². The minimum absolute atomic E-state index is 0.196. The molecule has 1 N–H and O–H groups in total. The standard InChI is InChI=1S/C15H11BrClNO/c16-12-5-3-6-13(10-12)18-15(19)9-8-11-4-1-2-7-14(11)17/h1-10H,(H,18,19)/b9-8+. The van der Waals surface area contributed by atoms with Crippen molar-refractivity contribution in [3.05, 3.63) is 69.7 Å². The molecular formula is C15H11BrClNO. The number of anilines is 1. The van der Waals surface area contributed by atoms with Crippen LogP contribution in [0.5, 0.6) is 0 Å². The summed E-state index contributed by atoms with van der Waals surface area (Å²) < 4.78 is 0.917. The molecule has 2 aromatic carbocycles. The van der Waals surface area contributed by atoms with Crippen LogP contribution in [0.4, 0.5) is 5.69 Å². The molecule has 0 unspecified atom stereocenters. The lowest BCUT2D eigenvalue weighted by molar-refractivity contribution is -0.111. The van der Waals surface area contributed by atoms with Gasteiger partial charge in [0.25, 0.3) is 0 Å². The minimum atomic E-state index is -0.196. The SMILES string of the molecule is O=C(/C=C/c1ccccc1Cl)Nc1cccc(Br)c1. The van der Waals surface area contributed by atoms with Gasteiger partial charge in [-0.1, -0.05) is 51.8 Å². The Morgan fingerprint density at radius 3 is 2.68 bits per heavy atom. The smallest absolute Gasteiger partial charge is 0.248 e. The van der Waals surface area contributed by atoms with Crippen molar-refractivity contribution in [2.75, 3.05) is 5.32 Å². The fourth-order valence-corrected chi connectivity index (χ4v) is 2.12. The topological polar surface area (TPSA) is 29.1 Å². The van der Waals surface area contributed by atoms with Crippen molar-refractivity contribution in [2.24, 2.45) is 0 Å². The van der Waals surface area contributed by atoms with Gasteiger partial charge in [0.2, 0.25) is 5.91 Å². The zero-order chi connectivity index (χ0) is 13.7. The molecule has 0 saturated carbocycles. The van der Waals surface area contributed by atoms with Gasteiger partial charge in [0.1, 0.15) is 0 Å². The molecule has 0 heterocycles. The van der Waals surface area contributed by atoms with Gasteiger partial charge in [-0.3, -0.25) is 4.79 Å². The van der Waals surface area contributed by atoms with Crippen LogP contribution in [0.25, 0.3) is 6.08 Å². The van der Waals surface area contributed by atoms with Crippen molar-refractivity contribution in [2.45, 2.75) is 0 Å². The number of hydrogen-bond acceptors (Lipinski definition) is 1. The molecule has 0 aliphatic carbocycles. The highest BCUT2D eigenvalue weighted by atomic mass is 79.9. The van der Waals surface area contributed by atoms with E-state index in [1.165, 1.54) is 6.08 Å². The lowest BCUT2D eigenvalue weighted by Gasteiger charge is -2.02. The lowest BCUT2D eigenvalue weighted by Crippen LogP contribution is -2.07. The Morgan fingerprint density at radius 2 is 1.95 bits per heavy atom. The predicted octanol–water partition coefficient (Wildman–Crippen LogP) is 4.75. The highest BCUT2D eigenvalue weighted by Crippen LogP contribution is 2.17. The van der Waals surface area contributed by atoms with Gasteiger partial charge < -0.3 is 5.32 Å². The van der Waals surface area contributed by atoms with E-state index in [0.29, 0.717) is 5.02 Å². The third kappa shape index (κ3) is 4.23. The molecule has 96 valence electrons. The van der Waals surface area contributed by atoms with Gasteiger partial charge in [-0.2, -0.15) is 0 Å². The van der Waals surface area contributed by atoms with Crippen molar-refractivity contribution in [1.82, 2.24) is 0 Å². The summed E-state index contributed by atoms with van der Waals surface area (Å²) in [5, 5.41) is 3.39. The maximum atomic E-state index is 11.8. The Bertz CT molecular complexity index is 625. The van der Waals surface area contributed by atoms with Crippen molar-refractivity contribution in [3.63, 3.8) is 0 Å². The van der Waals surface area contributed by atoms with Crippen LogP contribution in [0, 0.1) is 0 Å². The zero-order valence-electron chi connectivity index (χ0n) is 9.94. The van der Waals surface area contributed by atoms with Crippen molar-refractivity contribution < 1.29 is 4.79 Å². The number of carbonyl (C=O) groups is 1. The third-order valence-corrected chi connectivity index (χ3v) is 3.25. The maximum absolute atomic E-state index is 11.8. The number of nitrogens with one attached hydrogen (secondary N) is 1. The molecule has 0 saturated heterocycles. The molecule has 0 atom stereocenters. The van der Waals surface area contributed by atoms with E-state index in [1.54, 1.807) is 12.1 Å². The molecule has 0 fully saturated rings. The Kier molecular flexibility index (Phi) is 4.77. The second kappa shape index (κ2) is 6.55. The molecule has 2 rings (SSSR count). The van der Waals surface area contributed by atoms with E-state index in [0.717, 1.165) is 15.7 Å². The summed E-state index contributed by atoms with van der Waals surface area (Å²) in [4.78, 5) is 11.8. The van der Waals surface area contributed by atoms with E-state index in [2.05, 4.69) is 21.2 Å². The first kappa shape index (κ1) is 13.8. The summed E-state index contributed by atoms with van der Waals surface area (Å²) in [5.74, 6) is -0.196. The molecule has 0 aliphatic heterocycles. The Balaban J connectivity index is 2.04. The quantitative estimate of drug-likeness (QED) is 0.805. The first-order chi connectivity index (χ1) is 9.15. The van der Waals surface area contributed by atoms with E-state index < -0.39 is 0 Å². The first-order valence-electron chi connectivity index (χ1n) is 5.64. The summed E-state index contributed by atoms with van der Waals surface area (Å²) in [6.07, 6.45) is 3.15. The normalized spacial score (nSPS) is 10.6. The van der Waals surface area contributed by atoms with Gasteiger partial charge in [0, 0.05) is 21.3 Å². The summed E-state index contributed by atoms with van der Waals surface area (Å²) in [6, 6.07) is 14.8. The minimum Gasteiger partial charge on any atom is -0.322 e. The van der Waals surface area contributed by atoms with E-state index in [4.69, 9.17) is 11.6 Å². The third-order valence-electron chi connectivity index (χ3n) is 2.41. The first-order valence-corrected chi connectivity index (χ1v) is 6.81. The van der Waals surface area contributed by atoms with Crippen LogP contribution in [0.15, 0.2) is 59.1 Å². The number of amides is 1. The average Bonchev–Trinajstić information content (AvgIpc) is 2.38. The number of halogens is 2. The van der Waals surface area contributed by atoms with Gasteiger partial charge in [-0.25, -0.2) is 0 Å². The van der Waals surface area contributed by atoms with Gasteiger partial charge in [-0.05, 0) is 35.9 Å². The van der Waals surface area contributed by atoms with E-state index in [-0.39, 0.29) is 5.91 Å². The fraction of sp³-hybridized carbons (Fsp3) is 0. The van der Waals surface area contributed by atoms with E-state index >= 15 is 0 Å². The molecule has 4 heteroatoms. The van der Waals surface area contributed by atoms with Gasteiger partial charge in [0.15, 0.2) is 0 Å². The summed E-state index contributed by atoms with van der Waals surface area (Å²) >= 11 is 9.35. The molecule has 2 nitrogen and oxygen atoms in total. The highest BCUT2D eigenvalue weighted by Gasteiger charge is 1.99. The fourth-order valence-electron chi connectivity index (χ4n) is 1.53. The van der Waals surface area contributed by atoms with Gasteiger partial charge >= 0.3 is 0 Å². The van der Waals surface area contributed by atoms with E-state index in [9.17, 15) is 4.79 Å². The van der Waals surface area contributed by atoms with Crippen molar-refractivity contribution in [1.29, 1.82) is 0 Å². The molecule has 0 aliphatic rings. The van der Waals surface area contributed by atoms with Crippen LogP contribution in [-0.2, 0) is 4.79 Å². The number of benzene rings is 2. The van der Waals surface area contributed by atoms with Crippen LogP contribution in [0.2, 0.25) is 5.02 Å². The molecule has 1 amide bonds. The predicted molar refractivity (Wildman–Crippen MR) is 83.3 cm³/mol.